The predicted molar refractivity (Wildman–Crippen MR) is 70.4 cm³/mol. The minimum Gasteiger partial charge on any atom is -0.387 e. The molecule has 1 unspecified atom stereocenters. The topological polar surface area (TPSA) is 41.5 Å². The van der Waals surface area contributed by atoms with Crippen molar-refractivity contribution < 1.29 is 23.0 Å². The first-order valence-electron chi connectivity index (χ1n) is 6.27. The molecule has 0 aliphatic heterocycles. The van der Waals surface area contributed by atoms with Gasteiger partial charge >= 0.3 is 6.18 Å². The molecule has 0 aliphatic rings. The third kappa shape index (κ3) is 5.11. The molecule has 1 rings (SSSR count). The van der Waals surface area contributed by atoms with E-state index in [-0.39, 0.29) is 12.1 Å². The number of rotatable bonds is 6. The molecule has 0 fully saturated rings. The molecule has 0 saturated carbocycles. The van der Waals surface area contributed by atoms with E-state index < -0.39 is 17.8 Å². The Labute approximate surface area is 116 Å². The summed E-state index contributed by atoms with van der Waals surface area (Å²) in [4.78, 5) is 0. The average Bonchev–Trinajstić information content (AvgIpc) is 2.37. The summed E-state index contributed by atoms with van der Waals surface area (Å²) < 4.78 is 42.4. The van der Waals surface area contributed by atoms with Crippen molar-refractivity contribution in [3.05, 3.63) is 35.4 Å². The number of hydrogen-bond donors (Lipinski definition) is 2. The standard InChI is InChI=1S/C14H20F3NO2/c1-13(2,20-3)9-18-8-12(19)10-4-6-11(7-5-10)14(15,16)17/h4-7,12,18-19H,8-9H2,1-3H3. The van der Waals surface area contributed by atoms with E-state index in [2.05, 4.69) is 5.32 Å². The van der Waals surface area contributed by atoms with Crippen LogP contribution in [0, 0.1) is 0 Å². The summed E-state index contributed by atoms with van der Waals surface area (Å²) in [6, 6.07) is 4.52. The summed E-state index contributed by atoms with van der Waals surface area (Å²) >= 11 is 0. The molecule has 3 nitrogen and oxygen atoms in total. The first-order valence-corrected chi connectivity index (χ1v) is 6.27. The van der Waals surface area contributed by atoms with Crippen LogP contribution in [0.1, 0.15) is 31.1 Å². The summed E-state index contributed by atoms with van der Waals surface area (Å²) in [6.07, 6.45) is -5.21. The van der Waals surface area contributed by atoms with Gasteiger partial charge in [-0.15, -0.1) is 0 Å². The van der Waals surface area contributed by atoms with E-state index in [1.807, 2.05) is 13.8 Å². The second-order valence-corrected chi connectivity index (χ2v) is 5.23. The Morgan fingerprint density at radius 3 is 2.20 bits per heavy atom. The minimum atomic E-state index is -4.36. The quantitative estimate of drug-likeness (QED) is 0.847. The van der Waals surface area contributed by atoms with Crippen molar-refractivity contribution in [3.8, 4) is 0 Å². The van der Waals surface area contributed by atoms with Crippen LogP contribution in [0.5, 0.6) is 0 Å². The maximum Gasteiger partial charge on any atom is 0.416 e. The summed E-state index contributed by atoms with van der Waals surface area (Å²) in [5.74, 6) is 0. The largest absolute Gasteiger partial charge is 0.416 e. The van der Waals surface area contributed by atoms with Crippen LogP contribution in [-0.2, 0) is 10.9 Å². The Morgan fingerprint density at radius 2 is 1.75 bits per heavy atom. The third-order valence-electron chi connectivity index (χ3n) is 3.06. The maximum atomic E-state index is 12.4. The van der Waals surface area contributed by atoms with Gasteiger partial charge in [0.05, 0.1) is 17.3 Å². The van der Waals surface area contributed by atoms with Gasteiger partial charge in [-0.05, 0) is 31.5 Å². The molecule has 1 aromatic carbocycles. The van der Waals surface area contributed by atoms with Crippen LogP contribution in [0.25, 0.3) is 0 Å². The van der Waals surface area contributed by atoms with Crippen LogP contribution in [0.4, 0.5) is 13.2 Å². The van der Waals surface area contributed by atoms with Gasteiger partial charge in [0, 0.05) is 20.2 Å². The molecule has 20 heavy (non-hydrogen) atoms. The van der Waals surface area contributed by atoms with E-state index in [9.17, 15) is 18.3 Å². The Bertz CT molecular complexity index is 415. The highest BCUT2D eigenvalue weighted by atomic mass is 19.4. The first kappa shape index (κ1) is 16.9. The SMILES string of the molecule is COC(C)(C)CNCC(O)c1ccc(C(F)(F)F)cc1. The fourth-order valence-electron chi connectivity index (χ4n) is 1.59. The summed E-state index contributed by atoms with van der Waals surface area (Å²) in [5, 5.41) is 12.9. The molecule has 0 saturated heterocycles. The van der Waals surface area contributed by atoms with Crippen molar-refractivity contribution in [2.24, 2.45) is 0 Å². The van der Waals surface area contributed by atoms with Gasteiger partial charge in [0.15, 0.2) is 0 Å². The van der Waals surface area contributed by atoms with Gasteiger partial charge < -0.3 is 15.2 Å². The van der Waals surface area contributed by atoms with Gasteiger partial charge in [-0.2, -0.15) is 13.2 Å². The van der Waals surface area contributed by atoms with Crippen molar-refractivity contribution in [1.29, 1.82) is 0 Å². The molecule has 0 spiro atoms. The third-order valence-corrected chi connectivity index (χ3v) is 3.06. The zero-order chi connectivity index (χ0) is 15.4. The zero-order valence-electron chi connectivity index (χ0n) is 11.8. The van der Waals surface area contributed by atoms with Crippen LogP contribution >= 0.6 is 0 Å². The molecule has 114 valence electrons. The van der Waals surface area contributed by atoms with E-state index in [0.29, 0.717) is 12.1 Å². The highest BCUT2D eigenvalue weighted by Gasteiger charge is 2.30. The smallest absolute Gasteiger partial charge is 0.387 e. The summed E-state index contributed by atoms with van der Waals surface area (Å²) in [6.45, 7) is 4.56. The van der Waals surface area contributed by atoms with Crippen molar-refractivity contribution >= 4 is 0 Å². The first-order chi connectivity index (χ1) is 9.15. The molecule has 6 heteroatoms. The lowest BCUT2D eigenvalue weighted by Gasteiger charge is -2.24. The molecule has 0 bridgehead atoms. The number of benzene rings is 1. The molecule has 2 N–H and O–H groups in total. The number of halogens is 3. The van der Waals surface area contributed by atoms with E-state index in [4.69, 9.17) is 4.74 Å². The lowest BCUT2D eigenvalue weighted by Crippen LogP contribution is -2.38. The molecule has 0 aromatic heterocycles. The Morgan fingerprint density at radius 1 is 1.20 bits per heavy atom. The van der Waals surface area contributed by atoms with E-state index >= 15 is 0 Å². The monoisotopic (exact) mass is 291 g/mol. The fraction of sp³-hybridized carbons (Fsp3) is 0.571. The molecule has 0 radical (unpaired) electrons. The van der Waals surface area contributed by atoms with Crippen molar-refractivity contribution in [1.82, 2.24) is 5.32 Å². The Kier molecular flexibility index (Phi) is 5.56. The van der Waals surface area contributed by atoms with E-state index in [1.165, 1.54) is 12.1 Å². The summed E-state index contributed by atoms with van der Waals surface area (Å²) in [5.41, 5.74) is -0.637. The number of nitrogens with one attached hydrogen (secondary N) is 1. The second kappa shape index (κ2) is 6.56. The highest BCUT2D eigenvalue weighted by molar-refractivity contribution is 5.26. The predicted octanol–water partition coefficient (Wildman–Crippen LogP) is 2.75. The molecule has 0 aliphatic carbocycles. The van der Waals surface area contributed by atoms with E-state index in [0.717, 1.165) is 12.1 Å². The number of alkyl halides is 3. The Balaban J connectivity index is 2.54. The highest BCUT2D eigenvalue weighted by Crippen LogP contribution is 2.29. The second-order valence-electron chi connectivity index (χ2n) is 5.23. The van der Waals surface area contributed by atoms with Crippen LogP contribution in [-0.4, -0.2) is 30.9 Å². The van der Waals surface area contributed by atoms with Gasteiger partial charge in [0.2, 0.25) is 0 Å². The van der Waals surface area contributed by atoms with Gasteiger partial charge in [-0.25, -0.2) is 0 Å². The maximum absolute atomic E-state index is 12.4. The van der Waals surface area contributed by atoms with Crippen molar-refractivity contribution in [2.45, 2.75) is 31.7 Å². The van der Waals surface area contributed by atoms with Gasteiger partial charge in [0.25, 0.3) is 0 Å². The van der Waals surface area contributed by atoms with Crippen LogP contribution < -0.4 is 5.32 Å². The number of ether oxygens (including phenoxy) is 1. The van der Waals surface area contributed by atoms with Crippen LogP contribution in [0.15, 0.2) is 24.3 Å². The fourth-order valence-corrected chi connectivity index (χ4v) is 1.59. The number of hydrogen-bond acceptors (Lipinski definition) is 3. The van der Waals surface area contributed by atoms with Crippen molar-refractivity contribution in [3.63, 3.8) is 0 Å². The van der Waals surface area contributed by atoms with Crippen LogP contribution in [0.3, 0.4) is 0 Å². The van der Waals surface area contributed by atoms with Gasteiger partial charge in [0.1, 0.15) is 0 Å². The average molecular weight is 291 g/mol. The van der Waals surface area contributed by atoms with Crippen LogP contribution in [0.2, 0.25) is 0 Å². The molecule has 1 aromatic rings. The lowest BCUT2D eigenvalue weighted by molar-refractivity contribution is -0.137. The molecular formula is C14H20F3NO2. The Hall–Kier alpha value is -1.11. The zero-order valence-corrected chi connectivity index (χ0v) is 11.8. The van der Waals surface area contributed by atoms with Gasteiger partial charge in [-0.1, -0.05) is 12.1 Å². The molecule has 1 atom stereocenters. The molecule has 0 heterocycles. The number of aliphatic hydroxyl groups excluding tert-OH is 1. The minimum absolute atomic E-state index is 0.248. The van der Waals surface area contributed by atoms with Gasteiger partial charge in [-0.3, -0.25) is 0 Å². The van der Waals surface area contributed by atoms with Crippen molar-refractivity contribution in [2.75, 3.05) is 20.2 Å². The molecular weight excluding hydrogens is 271 g/mol. The summed E-state index contributed by atoms with van der Waals surface area (Å²) in [7, 11) is 1.59. The number of methoxy groups -OCH3 is 1. The lowest BCUT2D eigenvalue weighted by atomic mass is 10.1. The van der Waals surface area contributed by atoms with E-state index in [1.54, 1.807) is 7.11 Å². The normalized spacial score (nSPS) is 14.3. The molecule has 0 amide bonds. The number of aliphatic hydroxyl groups is 1.